The van der Waals surface area contributed by atoms with Gasteiger partial charge >= 0.3 is 0 Å². The zero-order chi connectivity index (χ0) is 13.1. The maximum Gasteiger partial charge on any atom is 0.241 e. The fourth-order valence-electron chi connectivity index (χ4n) is 2.06. The molecule has 2 atom stereocenters. The molecule has 1 aromatic heterocycles. The van der Waals surface area contributed by atoms with Crippen LogP contribution in [-0.4, -0.2) is 52.6 Å². The van der Waals surface area contributed by atoms with E-state index in [1.54, 1.807) is 11.1 Å². The molecule has 100 valence electrons. The van der Waals surface area contributed by atoms with Gasteiger partial charge in [0.25, 0.3) is 0 Å². The van der Waals surface area contributed by atoms with E-state index in [4.69, 9.17) is 0 Å². The first-order chi connectivity index (χ1) is 8.58. The highest BCUT2D eigenvalue weighted by Gasteiger charge is 2.26. The first-order valence-corrected chi connectivity index (χ1v) is 6.26. The third kappa shape index (κ3) is 2.88. The number of amides is 1. The summed E-state index contributed by atoms with van der Waals surface area (Å²) in [5.74, 6) is 1.00. The fourth-order valence-corrected chi connectivity index (χ4v) is 2.06. The predicted octanol–water partition coefficient (Wildman–Crippen LogP) is -0.672. The average Bonchev–Trinajstić information content (AvgIpc) is 2.75. The van der Waals surface area contributed by atoms with Crippen molar-refractivity contribution in [1.29, 1.82) is 0 Å². The monoisotopic (exact) mass is 251 g/mol. The highest BCUT2D eigenvalue weighted by molar-refractivity contribution is 5.82. The Morgan fingerprint density at radius 2 is 2.33 bits per heavy atom. The van der Waals surface area contributed by atoms with Crippen molar-refractivity contribution in [3.8, 4) is 0 Å². The highest BCUT2D eigenvalue weighted by atomic mass is 16.2. The molecule has 0 bridgehead atoms. The summed E-state index contributed by atoms with van der Waals surface area (Å²) in [6, 6.07) is 0.292. The molecule has 0 saturated carbocycles. The minimum atomic E-state index is -0.133. The van der Waals surface area contributed by atoms with Crippen LogP contribution in [0.4, 0.5) is 0 Å². The zero-order valence-corrected chi connectivity index (χ0v) is 11.2. The van der Waals surface area contributed by atoms with E-state index in [1.165, 1.54) is 0 Å². The van der Waals surface area contributed by atoms with Gasteiger partial charge in [-0.05, 0) is 6.92 Å². The topological polar surface area (TPSA) is 62.2 Å². The van der Waals surface area contributed by atoms with Crippen molar-refractivity contribution in [3.63, 3.8) is 0 Å². The van der Waals surface area contributed by atoms with E-state index in [0.29, 0.717) is 19.1 Å². The van der Waals surface area contributed by atoms with Gasteiger partial charge in [-0.2, -0.15) is 0 Å². The smallest absolute Gasteiger partial charge is 0.241 e. The molecule has 2 rings (SSSR count). The quantitative estimate of drug-likeness (QED) is 0.748. The van der Waals surface area contributed by atoms with Crippen LogP contribution in [0, 0.1) is 0 Å². The molecule has 0 radical (unpaired) electrons. The molecule has 1 saturated heterocycles. The van der Waals surface area contributed by atoms with E-state index < -0.39 is 0 Å². The van der Waals surface area contributed by atoms with Crippen LogP contribution in [0.15, 0.2) is 12.4 Å². The minimum absolute atomic E-state index is 0.109. The summed E-state index contributed by atoms with van der Waals surface area (Å²) < 4.78 is 1.93. The molecule has 6 heteroatoms. The van der Waals surface area contributed by atoms with Gasteiger partial charge in [0.2, 0.25) is 5.91 Å². The molecule has 1 fully saturated rings. The van der Waals surface area contributed by atoms with Crippen LogP contribution in [0.1, 0.15) is 12.7 Å². The largest absolute Gasteiger partial charge is 0.337 e. The van der Waals surface area contributed by atoms with Gasteiger partial charge in [0.15, 0.2) is 0 Å². The fraction of sp³-hybridized carbons (Fsp3) is 0.667. The second kappa shape index (κ2) is 5.49. The lowest BCUT2D eigenvalue weighted by molar-refractivity contribution is -0.133. The van der Waals surface area contributed by atoms with Gasteiger partial charge in [-0.15, -0.1) is 0 Å². The Hall–Kier alpha value is -1.40. The molecule has 6 nitrogen and oxygen atoms in total. The Balaban J connectivity index is 1.91. The summed E-state index contributed by atoms with van der Waals surface area (Å²) in [7, 11) is 3.75. The Morgan fingerprint density at radius 1 is 1.56 bits per heavy atom. The summed E-state index contributed by atoms with van der Waals surface area (Å²) in [4.78, 5) is 18.2. The molecule has 2 unspecified atom stereocenters. The van der Waals surface area contributed by atoms with Crippen LogP contribution >= 0.6 is 0 Å². The van der Waals surface area contributed by atoms with Crippen LogP contribution in [0.5, 0.6) is 0 Å². The number of nitrogens with one attached hydrogen (secondary N) is 2. The second-order valence-corrected chi connectivity index (χ2v) is 4.92. The molecule has 1 aliphatic rings. The van der Waals surface area contributed by atoms with Gasteiger partial charge in [0.05, 0.1) is 12.6 Å². The normalized spacial score (nSPS) is 23.9. The lowest BCUT2D eigenvalue weighted by atomic mass is 10.1. The Kier molecular flexibility index (Phi) is 3.98. The first kappa shape index (κ1) is 13.0. The number of piperazine rings is 1. The van der Waals surface area contributed by atoms with Crippen molar-refractivity contribution >= 4 is 5.91 Å². The zero-order valence-electron chi connectivity index (χ0n) is 11.2. The van der Waals surface area contributed by atoms with E-state index in [0.717, 1.165) is 12.4 Å². The maximum atomic E-state index is 12.2. The number of carbonyl (C=O) groups is 1. The number of aryl methyl sites for hydroxylation is 1. The number of hydrogen-bond donors (Lipinski definition) is 2. The van der Waals surface area contributed by atoms with Crippen molar-refractivity contribution in [2.75, 3.05) is 20.1 Å². The second-order valence-electron chi connectivity index (χ2n) is 4.92. The maximum absolute atomic E-state index is 12.2. The molecular formula is C12H21N5O. The Labute approximate surface area is 107 Å². The van der Waals surface area contributed by atoms with E-state index in [9.17, 15) is 4.79 Å². The van der Waals surface area contributed by atoms with Crippen molar-refractivity contribution in [3.05, 3.63) is 18.2 Å². The molecule has 18 heavy (non-hydrogen) atoms. The molecule has 2 heterocycles. The van der Waals surface area contributed by atoms with Crippen molar-refractivity contribution in [1.82, 2.24) is 25.1 Å². The standard InChI is InChI=1S/C12H21N5O/c1-9-6-15-10(7-14-9)12(18)17(3)8-11-13-4-5-16(11)2/h4-5,9-10,14-15H,6-8H2,1-3H3. The Bertz CT molecular complexity index is 408. The average molecular weight is 251 g/mol. The molecule has 1 aromatic rings. The number of nitrogens with zero attached hydrogens (tertiary/aromatic N) is 3. The summed E-state index contributed by atoms with van der Waals surface area (Å²) in [6.45, 7) is 4.15. The number of aromatic nitrogens is 2. The van der Waals surface area contributed by atoms with Crippen LogP contribution in [0.25, 0.3) is 0 Å². The first-order valence-electron chi connectivity index (χ1n) is 6.26. The van der Waals surface area contributed by atoms with E-state index >= 15 is 0 Å². The molecule has 2 N–H and O–H groups in total. The summed E-state index contributed by atoms with van der Waals surface area (Å²) in [5.41, 5.74) is 0. The van der Waals surface area contributed by atoms with Crippen molar-refractivity contribution in [2.45, 2.75) is 25.6 Å². The van der Waals surface area contributed by atoms with Gasteiger partial charge in [0, 0.05) is 45.6 Å². The SMILES string of the molecule is CC1CNC(C(=O)N(C)Cc2nccn2C)CN1. The number of imidazole rings is 1. The molecule has 1 aliphatic heterocycles. The number of carbonyl (C=O) groups excluding carboxylic acids is 1. The van der Waals surface area contributed by atoms with Crippen molar-refractivity contribution in [2.24, 2.45) is 7.05 Å². The van der Waals surface area contributed by atoms with Crippen molar-refractivity contribution < 1.29 is 4.79 Å². The van der Waals surface area contributed by atoms with E-state index in [2.05, 4.69) is 22.5 Å². The third-order valence-corrected chi connectivity index (χ3v) is 3.31. The lowest BCUT2D eigenvalue weighted by Gasteiger charge is -2.31. The summed E-state index contributed by atoms with van der Waals surface area (Å²) in [6.07, 6.45) is 3.63. The van der Waals surface area contributed by atoms with E-state index in [-0.39, 0.29) is 11.9 Å². The lowest BCUT2D eigenvalue weighted by Crippen LogP contribution is -2.58. The highest BCUT2D eigenvalue weighted by Crippen LogP contribution is 2.03. The van der Waals surface area contributed by atoms with Crippen LogP contribution < -0.4 is 10.6 Å². The molecule has 1 amide bonds. The van der Waals surface area contributed by atoms with Gasteiger partial charge in [-0.3, -0.25) is 4.79 Å². The van der Waals surface area contributed by atoms with Crippen LogP contribution in [0.2, 0.25) is 0 Å². The van der Waals surface area contributed by atoms with Gasteiger partial charge in [0.1, 0.15) is 5.82 Å². The van der Waals surface area contributed by atoms with Gasteiger partial charge in [-0.1, -0.05) is 0 Å². The number of likely N-dealkylation sites (N-methyl/N-ethyl adjacent to an activating group) is 1. The third-order valence-electron chi connectivity index (χ3n) is 3.31. The molecule has 0 spiro atoms. The van der Waals surface area contributed by atoms with Gasteiger partial charge in [-0.25, -0.2) is 4.98 Å². The van der Waals surface area contributed by atoms with Crippen LogP contribution in [0.3, 0.4) is 0 Å². The molecule has 0 aromatic carbocycles. The molecular weight excluding hydrogens is 230 g/mol. The van der Waals surface area contributed by atoms with Crippen LogP contribution in [-0.2, 0) is 18.4 Å². The summed E-state index contributed by atoms with van der Waals surface area (Å²) in [5, 5.41) is 6.57. The number of rotatable bonds is 3. The molecule has 0 aliphatic carbocycles. The Morgan fingerprint density at radius 3 is 2.89 bits per heavy atom. The number of hydrogen-bond acceptors (Lipinski definition) is 4. The van der Waals surface area contributed by atoms with E-state index in [1.807, 2.05) is 24.9 Å². The predicted molar refractivity (Wildman–Crippen MR) is 68.9 cm³/mol. The summed E-state index contributed by atoms with van der Waals surface area (Å²) >= 11 is 0. The minimum Gasteiger partial charge on any atom is -0.337 e. The van der Waals surface area contributed by atoms with Gasteiger partial charge < -0.3 is 20.1 Å².